The number of likely N-dealkylation sites (tertiary alicyclic amines) is 1. The Balaban J connectivity index is 1.43. The number of nitrogens with one attached hydrogen (secondary N) is 2. The Hall–Kier alpha value is -2.43. The normalized spacial score (nSPS) is 14.9. The Morgan fingerprint density at radius 2 is 1.84 bits per heavy atom. The number of hydrogen-bond acceptors (Lipinski definition) is 5. The van der Waals surface area contributed by atoms with E-state index in [1.807, 2.05) is 37.3 Å². The van der Waals surface area contributed by atoms with Gasteiger partial charge in [-0.3, -0.25) is 4.79 Å². The number of urea groups is 1. The van der Waals surface area contributed by atoms with E-state index in [1.54, 1.807) is 27.3 Å². The van der Waals surface area contributed by atoms with Crippen molar-refractivity contribution in [3.8, 4) is 0 Å². The van der Waals surface area contributed by atoms with Crippen LogP contribution in [0.4, 0.5) is 4.79 Å². The first-order valence-electron chi connectivity index (χ1n) is 10.3. The summed E-state index contributed by atoms with van der Waals surface area (Å²) in [6, 6.07) is 12.5. The molecule has 0 aliphatic carbocycles. The maximum absolute atomic E-state index is 12.5. The summed E-state index contributed by atoms with van der Waals surface area (Å²) >= 11 is 1.18. The predicted molar refractivity (Wildman–Crippen MR) is 120 cm³/mol. The van der Waals surface area contributed by atoms with Crippen LogP contribution < -0.4 is 10.0 Å². The fourth-order valence-corrected chi connectivity index (χ4v) is 5.76. The van der Waals surface area contributed by atoms with Crippen LogP contribution in [-0.4, -0.2) is 62.4 Å². The maximum atomic E-state index is 12.5. The molecule has 0 saturated carbocycles. The quantitative estimate of drug-likeness (QED) is 0.626. The third-order valence-electron chi connectivity index (χ3n) is 5.21. The summed E-state index contributed by atoms with van der Waals surface area (Å²) in [7, 11) is -3.51. The number of benzene rings is 1. The minimum Gasteiger partial charge on any atom is -0.337 e. The summed E-state index contributed by atoms with van der Waals surface area (Å²) in [5, 5.41) is 4.42. The lowest BCUT2D eigenvalue weighted by Gasteiger charge is -2.32. The summed E-state index contributed by atoms with van der Waals surface area (Å²) < 4.78 is 27.7. The first-order valence-corrected chi connectivity index (χ1v) is 12.7. The molecule has 1 fully saturated rings. The lowest BCUT2D eigenvalue weighted by atomic mass is 10.1. The molecule has 3 amide bonds. The molecule has 8 nitrogen and oxygen atoms in total. The number of thiophene rings is 1. The van der Waals surface area contributed by atoms with E-state index < -0.39 is 10.0 Å². The van der Waals surface area contributed by atoms with Crippen molar-refractivity contribution in [2.45, 2.75) is 36.6 Å². The van der Waals surface area contributed by atoms with E-state index in [2.05, 4.69) is 10.0 Å². The van der Waals surface area contributed by atoms with E-state index in [1.165, 1.54) is 11.3 Å². The monoisotopic (exact) mass is 464 g/mol. The second-order valence-electron chi connectivity index (χ2n) is 7.37. The van der Waals surface area contributed by atoms with Gasteiger partial charge in [0, 0.05) is 32.2 Å². The Labute approximate surface area is 187 Å². The van der Waals surface area contributed by atoms with E-state index in [9.17, 15) is 18.0 Å². The van der Waals surface area contributed by atoms with Crippen molar-refractivity contribution in [3.05, 3.63) is 53.4 Å². The van der Waals surface area contributed by atoms with Gasteiger partial charge in [-0.25, -0.2) is 17.9 Å². The molecule has 0 bridgehead atoms. The minimum atomic E-state index is -3.51. The molecule has 0 radical (unpaired) electrons. The maximum Gasteiger partial charge on any atom is 0.317 e. The number of sulfonamides is 1. The number of nitrogens with zero attached hydrogens (tertiary/aromatic N) is 2. The van der Waals surface area contributed by atoms with Crippen molar-refractivity contribution in [2.24, 2.45) is 0 Å². The van der Waals surface area contributed by atoms with E-state index in [4.69, 9.17) is 0 Å². The molecule has 2 heterocycles. The van der Waals surface area contributed by atoms with E-state index in [0.717, 1.165) is 5.56 Å². The third kappa shape index (κ3) is 6.52. The predicted octanol–water partition coefficient (Wildman–Crippen LogP) is 2.25. The first-order chi connectivity index (χ1) is 14.9. The Morgan fingerprint density at radius 1 is 1.13 bits per heavy atom. The summed E-state index contributed by atoms with van der Waals surface area (Å²) in [6.07, 6.45) is 1.06. The molecule has 0 atom stereocenters. The molecule has 10 heteroatoms. The van der Waals surface area contributed by atoms with Crippen molar-refractivity contribution in [1.82, 2.24) is 19.8 Å². The second-order valence-corrected chi connectivity index (χ2v) is 10.3. The summed E-state index contributed by atoms with van der Waals surface area (Å²) in [4.78, 5) is 28.3. The van der Waals surface area contributed by atoms with Crippen molar-refractivity contribution in [3.63, 3.8) is 0 Å². The van der Waals surface area contributed by atoms with Crippen LogP contribution in [0.2, 0.25) is 0 Å². The van der Waals surface area contributed by atoms with Gasteiger partial charge in [-0.05, 0) is 36.8 Å². The number of carbonyl (C=O) groups is 2. The largest absolute Gasteiger partial charge is 0.337 e. The molecule has 1 saturated heterocycles. The van der Waals surface area contributed by atoms with Crippen LogP contribution in [0.25, 0.3) is 0 Å². The number of hydrogen-bond donors (Lipinski definition) is 2. The summed E-state index contributed by atoms with van der Waals surface area (Å²) in [5.74, 6) is -0.140. The molecule has 1 aromatic heterocycles. The molecule has 3 rings (SSSR count). The summed E-state index contributed by atoms with van der Waals surface area (Å²) in [5.41, 5.74) is 1.04. The molecule has 1 aliphatic heterocycles. The average Bonchev–Trinajstić information content (AvgIpc) is 3.33. The molecule has 2 aromatic rings. The molecular weight excluding hydrogens is 436 g/mol. The topological polar surface area (TPSA) is 98.8 Å². The van der Waals surface area contributed by atoms with Crippen LogP contribution in [-0.2, 0) is 21.4 Å². The third-order valence-corrected chi connectivity index (χ3v) is 8.12. The minimum absolute atomic E-state index is 0.0650. The van der Waals surface area contributed by atoms with Crippen LogP contribution >= 0.6 is 11.3 Å². The van der Waals surface area contributed by atoms with Gasteiger partial charge in [0.2, 0.25) is 15.9 Å². The van der Waals surface area contributed by atoms with Gasteiger partial charge >= 0.3 is 6.03 Å². The van der Waals surface area contributed by atoms with E-state index >= 15 is 0 Å². The van der Waals surface area contributed by atoms with Crippen molar-refractivity contribution in [2.75, 3.05) is 26.2 Å². The smallest absolute Gasteiger partial charge is 0.317 e. The SMILES string of the molecule is CCN(Cc1ccccc1)C(=O)CNC(=O)N1CCC(NS(=O)(=O)c2cccs2)CC1. The molecule has 0 spiro atoms. The average molecular weight is 465 g/mol. The molecular formula is C21H28N4O4S2. The van der Waals surface area contributed by atoms with E-state index in [0.29, 0.717) is 43.2 Å². The fraction of sp³-hybridized carbons (Fsp3) is 0.429. The highest BCUT2D eigenvalue weighted by atomic mass is 32.2. The van der Waals surface area contributed by atoms with Gasteiger partial charge in [0.05, 0.1) is 6.54 Å². The number of rotatable bonds is 8. The van der Waals surface area contributed by atoms with Gasteiger partial charge in [0.15, 0.2) is 0 Å². The van der Waals surface area contributed by atoms with Crippen LogP contribution in [0.3, 0.4) is 0 Å². The highest BCUT2D eigenvalue weighted by Crippen LogP contribution is 2.18. The Bertz CT molecular complexity index is 957. The van der Waals surface area contributed by atoms with Gasteiger partial charge in [-0.2, -0.15) is 0 Å². The molecule has 1 aromatic carbocycles. The number of carbonyl (C=O) groups excluding carboxylic acids is 2. The van der Waals surface area contributed by atoms with Crippen molar-refractivity contribution in [1.29, 1.82) is 0 Å². The highest BCUT2D eigenvalue weighted by molar-refractivity contribution is 7.91. The van der Waals surface area contributed by atoms with Crippen LogP contribution in [0.5, 0.6) is 0 Å². The van der Waals surface area contributed by atoms with Crippen LogP contribution in [0, 0.1) is 0 Å². The molecule has 2 N–H and O–H groups in total. The number of amides is 3. The van der Waals surface area contributed by atoms with Gasteiger partial charge in [-0.1, -0.05) is 36.4 Å². The zero-order valence-corrected chi connectivity index (χ0v) is 19.1. The second kappa shape index (κ2) is 10.7. The fourth-order valence-electron chi connectivity index (χ4n) is 3.45. The zero-order chi connectivity index (χ0) is 22.3. The molecule has 31 heavy (non-hydrogen) atoms. The number of likely N-dealkylation sites (N-methyl/N-ethyl adjacent to an activating group) is 1. The van der Waals surface area contributed by atoms with Gasteiger partial charge < -0.3 is 15.1 Å². The van der Waals surface area contributed by atoms with Gasteiger partial charge in [0.25, 0.3) is 0 Å². The highest BCUT2D eigenvalue weighted by Gasteiger charge is 2.27. The van der Waals surface area contributed by atoms with Crippen LogP contribution in [0.15, 0.2) is 52.1 Å². The lowest BCUT2D eigenvalue weighted by molar-refractivity contribution is -0.130. The standard InChI is InChI=1S/C21H28N4O4S2/c1-2-24(16-17-7-4-3-5-8-17)19(26)15-22-21(27)25-12-10-18(11-13-25)23-31(28,29)20-9-6-14-30-20/h3-9,14,18,23H,2,10-13,15-16H2,1H3,(H,22,27). The van der Waals surface area contributed by atoms with Gasteiger partial charge in [-0.15, -0.1) is 11.3 Å². The lowest BCUT2D eigenvalue weighted by Crippen LogP contribution is -2.51. The van der Waals surface area contributed by atoms with Crippen molar-refractivity contribution >= 4 is 33.3 Å². The first kappa shape index (κ1) is 23.2. The zero-order valence-electron chi connectivity index (χ0n) is 17.5. The Morgan fingerprint density at radius 3 is 2.45 bits per heavy atom. The van der Waals surface area contributed by atoms with Crippen molar-refractivity contribution < 1.29 is 18.0 Å². The van der Waals surface area contributed by atoms with E-state index in [-0.39, 0.29) is 24.5 Å². The van der Waals surface area contributed by atoms with Crippen LogP contribution in [0.1, 0.15) is 25.3 Å². The number of piperidine rings is 1. The summed E-state index contributed by atoms with van der Waals surface area (Å²) in [6.45, 7) is 3.76. The molecule has 0 unspecified atom stereocenters. The molecule has 168 valence electrons. The molecule has 1 aliphatic rings. The Kier molecular flexibility index (Phi) is 8.05. The van der Waals surface area contributed by atoms with Gasteiger partial charge in [0.1, 0.15) is 4.21 Å².